The minimum Gasteiger partial charge on any atom is -0.495 e. The molecule has 11 heteroatoms. The van der Waals surface area contributed by atoms with E-state index in [-0.39, 0.29) is 17.0 Å². The van der Waals surface area contributed by atoms with Crippen LogP contribution in [0.1, 0.15) is 29.7 Å². The third-order valence-corrected chi connectivity index (χ3v) is 8.09. The number of aliphatic hydroxyl groups is 1. The van der Waals surface area contributed by atoms with E-state index in [1.54, 1.807) is 19.5 Å². The number of ether oxygens (including phenoxy) is 1. The molecule has 39 heavy (non-hydrogen) atoms. The first-order valence-corrected chi connectivity index (χ1v) is 13.5. The Balaban J connectivity index is 1.24. The average Bonchev–Trinajstić information content (AvgIpc) is 3.30. The summed E-state index contributed by atoms with van der Waals surface area (Å²) in [6.07, 6.45) is 1.05. The van der Waals surface area contributed by atoms with Gasteiger partial charge in [-0.2, -0.15) is 13.2 Å². The summed E-state index contributed by atoms with van der Waals surface area (Å²) in [5, 5.41) is 14.6. The Morgan fingerprint density at radius 1 is 1.08 bits per heavy atom. The molecule has 5 rings (SSSR count). The highest BCUT2D eigenvalue weighted by molar-refractivity contribution is 7.18. The van der Waals surface area contributed by atoms with E-state index in [0.29, 0.717) is 41.2 Å². The third kappa shape index (κ3) is 6.84. The van der Waals surface area contributed by atoms with Crippen molar-refractivity contribution in [3.05, 3.63) is 65.6 Å². The number of alkyl halides is 3. The molecular formula is C28H30F3N5O2S. The molecule has 206 valence electrons. The second-order valence-corrected chi connectivity index (χ2v) is 11.1. The van der Waals surface area contributed by atoms with Crippen LogP contribution < -0.4 is 10.1 Å². The van der Waals surface area contributed by atoms with Crippen molar-refractivity contribution in [1.29, 1.82) is 0 Å². The van der Waals surface area contributed by atoms with Crippen LogP contribution in [0, 0.1) is 0 Å². The zero-order valence-corrected chi connectivity index (χ0v) is 22.5. The molecule has 0 amide bonds. The number of hydrogen-bond donors (Lipinski definition) is 2. The molecule has 7 nitrogen and oxygen atoms in total. The quantitative estimate of drug-likeness (QED) is 0.288. The van der Waals surface area contributed by atoms with Gasteiger partial charge in [-0.3, -0.25) is 9.88 Å². The molecule has 0 unspecified atom stereocenters. The van der Waals surface area contributed by atoms with Gasteiger partial charge in [-0.15, -0.1) is 11.3 Å². The van der Waals surface area contributed by atoms with E-state index >= 15 is 0 Å². The number of halogens is 3. The van der Waals surface area contributed by atoms with Gasteiger partial charge < -0.3 is 15.2 Å². The predicted octanol–water partition coefficient (Wildman–Crippen LogP) is 5.69. The van der Waals surface area contributed by atoms with E-state index in [2.05, 4.69) is 49.4 Å². The number of aromatic nitrogens is 3. The lowest BCUT2D eigenvalue weighted by atomic mass is 9.87. The summed E-state index contributed by atoms with van der Waals surface area (Å²) < 4.78 is 44.0. The van der Waals surface area contributed by atoms with Gasteiger partial charge in [-0.05, 0) is 49.6 Å². The summed E-state index contributed by atoms with van der Waals surface area (Å²) in [6, 6.07) is 11.8. The summed E-state index contributed by atoms with van der Waals surface area (Å²) in [5.41, 5.74) is 3.18. The van der Waals surface area contributed by atoms with E-state index in [1.165, 1.54) is 12.4 Å². The highest BCUT2D eigenvalue weighted by Gasteiger charge is 2.32. The normalized spacial score (nSPS) is 19.9. The van der Waals surface area contributed by atoms with E-state index in [9.17, 15) is 18.3 Å². The van der Waals surface area contributed by atoms with Crippen LogP contribution in [0.2, 0.25) is 0 Å². The van der Waals surface area contributed by atoms with Crippen molar-refractivity contribution in [2.24, 2.45) is 0 Å². The van der Waals surface area contributed by atoms with Crippen LogP contribution in [-0.4, -0.2) is 63.5 Å². The lowest BCUT2D eigenvalue weighted by molar-refractivity contribution is -0.126. The van der Waals surface area contributed by atoms with Crippen LogP contribution in [0.15, 0.2) is 55.1 Å². The topological polar surface area (TPSA) is 83.4 Å². The number of hydrogen-bond acceptors (Lipinski definition) is 8. The van der Waals surface area contributed by atoms with Crippen molar-refractivity contribution in [2.45, 2.75) is 56.6 Å². The van der Waals surface area contributed by atoms with Crippen LogP contribution in [0.4, 0.5) is 19.0 Å². The maximum atomic E-state index is 12.9. The van der Waals surface area contributed by atoms with Crippen LogP contribution >= 0.6 is 11.3 Å². The van der Waals surface area contributed by atoms with E-state index < -0.39 is 18.7 Å². The van der Waals surface area contributed by atoms with Gasteiger partial charge in [-0.1, -0.05) is 24.3 Å². The van der Waals surface area contributed by atoms with E-state index in [0.717, 1.165) is 34.4 Å². The number of nitrogens with one attached hydrogen (secondary N) is 1. The Labute approximate surface area is 228 Å². The minimum atomic E-state index is -4.28. The maximum Gasteiger partial charge on any atom is 0.393 e. The van der Waals surface area contributed by atoms with Crippen LogP contribution in [-0.2, 0) is 13.0 Å². The second-order valence-electron chi connectivity index (χ2n) is 10.0. The van der Waals surface area contributed by atoms with Gasteiger partial charge in [0.05, 0.1) is 31.2 Å². The van der Waals surface area contributed by atoms with Gasteiger partial charge in [0, 0.05) is 35.3 Å². The summed E-state index contributed by atoms with van der Waals surface area (Å²) in [4.78, 5) is 15.7. The monoisotopic (exact) mass is 557 g/mol. The molecule has 3 atom stereocenters. The second kappa shape index (κ2) is 11.4. The molecular weight excluding hydrogens is 527 g/mol. The Morgan fingerprint density at radius 3 is 2.62 bits per heavy atom. The molecule has 2 N–H and O–H groups in total. The van der Waals surface area contributed by atoms with Crippen LogP contribution in [0.3, 0.4) is 0 Å². The summed E-state index contributed by atoms with van der Waals surface area (Å²) in [5.74, 6) is 1.21. The molecule has 0 radical (unpaired) electrons. The Bertz CT molecular complexity index is 1410. The van der Waals surface area contributed by atoms with Crippen LogP contribution in [0.25, 0.3) is 21.3 Å². The lowest BCUT2D eigenvalue weighted by Crippen LogP contribution is -2.44. The fraction of sp³-hybridized carbons (Fsp3) is 0.393. The Morgan fingerprint density at radius 2 is 1.87 bits per heavy atom. The number of methoxy groups -OCH3 is 1. The number of nitrogens with zero attached hydrogens (tertiary/aromatic N) is 4. The minimum absolute atomic E-state index is 0.0757. The molecule has 0 saturated heterocycles. The Kier molecular flexibility index (Phi) is 8.01. The molecule has 0 aliphatic heterocycles. The molecule has 1 aromatic carbocycles. The lowest BCUT2D eigenvalue weighted by Gasteiger charge is -2.38. The SMILES string of the molecule is COc1cncc(-c2ccc(CN(C)[C@@H]3C[C@H](O)C[C@H](Nc4ncnc5sc(CC(F)(F)F)cc45)C3)cc2)c1. The predicted molar refractivity (Wildman–Crippen MR) is 146 cm³/mol. The first-order chi connectivity index (χ1) is 18.7. The molecule has 1 aliphatic rings. The van der Waals surface area contributed by atoms with Gasteiger partial charge in [0.1, 0.15) is 22.7 Å². The number of rotatable bonds is 8. The molecule has 1 saturated carbocycles. The van der Waals surface area contributed by atoms with Crippen molar-refractivity contribution in [3.8, 4) is 16.9 Å². The summed E-state index contributed by atoms with van der Waals surface area (Å²) in [7, 11) is 3.66. The van der Waals surface area contributed by atoms with Gasteiger partial charge >= 0.3 is 6.18 Å². The number of benzene rings is 1. The zero-order valence-electron chi connectivity index (χ0n) is 21.7. The Hall–Kier alpha value is -3.28. The third-order valence-electron chi connectivity index (χ3n) is 7.04. The number of pyridine rings is 1. The van der Waals surface area contributed by atoms with Gasteiger partial charge in [0.15, 0.2) is 0 Å². The van der Waals surface area contributed by atoms with Gasteiger partial charge in [-0.25, -0.2) is 9.97 Å². The first-order valence-electron chi connectivity index (χ1n) is 12.7. The van der Waals surface area contributed by atoms with Gasteiger partial charge in [0.25, 0.3) is 0 Å². The molecule has 4 aromatic rings. The highest BCUT2D eigenvalue weighted by Crippen LogP contribution is 2.34. The van der Waals surface area contributed by atoms with Crippen molar-refractivity contribution >= 4 is 27.4 Å². The highest BCUT2D eigenvalue weighted by atomic mass is 32.1. The smallest absolute Gasteiger partial charge is 0.393 e. The van der Waals surface area contributed by atoms with E-state index in [1.807, 2.05) is 13.1 Å². The van der Waals surface area contributed by atoms with Crippen molar-refractivity contribution in [1.82, 2.24) is 19.9 Å². The zero-order chi connectivity index (χ0) is 27.6. The average molecular weight is 558 g/mol. The van der Waals surface area contributed by atoms with Crippen molar-refractivity contribution in [2.75, 3.05) is 19.5 Å². The molecule has 0 bridgehead atoms. The van der Waals surface area contributed by atoms with Crippen molar-refractivity contribution in [3.63, 3.8) is 0 Å². The summed E-state index contributed by atoms with van der Waals surface area (Å²) in [6.45, 7) is 0.712. The van der Waals surface area contributed by atoms with Crippen molar-refractivity contribution < 1.29 is 23.0 Å². The standard InChI is InChI=1S/C28H30F3N5O2S/c1-36(15-17-3-5-18(6-4-17)19-7-23(38-2)14-32-13-19)21-8-20(9-22(37)10-21)35-26-25-11-24(12-28(29,30)31)39-27(25)34-16-33-26/h3-7,11,13-14,16,20-22,37H,8-10,12,15H2,1-2H3,(H,33,34,35)/t20-,21+,22-/m1/s1. The van der Waals surface area contributed by atoms with Crippen LogP contribution in [0.5, 0.6) is 5.75 Å². The summed E-state index contributed by atoms with van der Waals surface area (Å²) >= 11 is 1.03. The molecule has 1 aliphatic carbocycles. The first kappa shape index (κ1) is 27.3. The molecule has 3 heterocycles. The number of fused-ring (bicyclic) bond motifs is 1. The molecule has 0 spiro atoms. The number of thiophene rings is 1. The largest absolute Gasteiger partial charge is 0.495 e. The molecule has 1 fully saturated rings. The fourth-order valence-corrected chi connectivity index (χ4v) is 6.17. The number of anilines is 1. The fourth-order valence-electron chi connectivity index (χ4n) is 5.14. The number of aliphatic hydroxyl groups excluding tert-OH is 1. The van der Waals surface area contributed by atoms with E-state index in [4.69, 9.17) is 4.74 Å². The van der Waals surface area contributed by atoms with Gasteiger partial charge in [0.2, 0.25) is 0 Å². The maximum absolute atomic E-state index is 12.9. The molecule has 3 aromatic heterocycles.